The zero-order chi connectivity index (χ0) is 26.1. The highest BCUT2D eigenvalue weighted by atomic mass is 19.1. The van der Waals surface area contributed by atoms with E-state index in [-0.39, 0.29) is 36.0 Å². The number of piperazine rings is 1. The number of anilines is 2. The van der Waals surface area contributed by atoms with Gasteiger partial charge in [-0.2, -0.15) is 0 Å². The number of ketones is 1. The van der Waals surface area contributed by atoms with Crippen LogP contribution in [0, 0.1) is 5.82 Å². The van der Waals surface area contributed by atoms with Crippen LogP contribution in [0.2, 0.25) is 0 Å². The lowest BCUT2D eigenvalue weighted by Gasteiger charge is -2.34. The van der Waals surface area contributed by atoms with Gasteiger partial charge in [-0.25, -0.2) is 9.37 Å². The second-order valence-corrected chi connectivity index (χ2v) is 9.32. The third-order valence-electron chi connectivity index (χ3n) is 6.76. The summed E-state index contributed by atoms with van der Waals surface area (Å²) in [5.41, 5.74) is 0.846. The number of carbonyl (C=O) groups excluding carboxylic acids is 2. The first-order valence-electron chi connectivity index (χ1n) is 12.2. The molecule has 0 radical (unpaired) electrons. The third-order valence-corrected chi connectivity index (χ3v) is 6.76. The first-order valence-corrected chi connectivity index (χ1v) is 12.2. The summed E-state index contributed by atoms with van der Waals surface area (Å²) in [4.78, 5) is 49.3. The molecule has 194 valence electrons. The molecule has 10 nitrogen and oxygen atoms in total. The van der Waals surface area contributed by atoms with Crippen molar-refractivity contribution in [1.29, 1.82) is 0 Å². The maximum Gasteiger partial charge on any atom is 0.300 e. The van der Waals surface area contributed by atoms with E-state index in [1.165, 1.54) is 16.5 Å². The summed E-state index contributed by atoms with van der Waals surface area (Å²) in [6.45, 7) is 3.50. The Morgan fingerprint density at radius 3 is 2.54 bits per heavy atom. The van der Waals surface area contributed by atoms with Gasteiger partial charge in [-0.15, -0.1) is 0 Å². The molecule has 3 aromatic rings. The van der Waals surface area contributed by atoms with E-state index in [0.717, 1.165) is 5.56 Å². The molecule has 0 aliphatic carbocycles. The molecule has 5 rings (SSSR count). The zero-order valence-corrected chi connectivity index (χ0v) is 20.5. The fourth-order valence-corrected chi connectivity index (χ4v) is 4.66. The maximum absolute atomic E-state index is 13.3. The Bertz CT molecular complexity index is 1400. The van der Waals surface area contributed by atoms with Crippen molar-refractivity contribution in [2.45, 2.75) is 12.8 Å². The van der Waals surface area contributed by atoms with Crippen LogP contribution in [-0.4, -0.2) is 84.1 Å². The van der Waals surface area contributed by atoms with Gasteiger partial charge in [0.15, 0.2) is 17.1 Å². The molecule has 0 bridgehead atoms. The Hall–Kier alpha value is -3.83. The van der Waals surface area contributed by atoms with Crippen molar-refractivity contribution in [3.63, 3.8) is 0 Å². The van der Waals surface area contributed by atoms with Crippen molar-refractivity contribution in [2.75, 3.05) is 62.8 Å². The topological polar surface area (TPSA) is 108 Å². The standard InChI is InChI=1S/C26H28FN5O5/c1-29-8-9-31(22(34)16-29)20-14-19(30-10-12-37-13-11-30)15-32-25(20)28-23(24(35)26(32)36)21(33)7-4-17-2-5-18(27)6-3-17/h2-3,5-6,14-15,35H,4,7-13,16H2,1H3. The van der Waals surface area contributed by atoms with Crippen LogP contribution in [-0.2, 0) is 16.0 Å². The average Bonchev–Trinajstić information content (AvgIpc) is 2.90. The van der Waals surface area contributed by atoms with Crippen molar-refractivity contribution < 1.29 is 23.8 Å². The molecule has 0 unspecified atom stereocenters. The normalized spacial score (nSPS) is 17.0. The van der Waals surface area contributed by atoms with Gasteiger partial charge < -0.3 is 19.6 Å². The molecule has 2 aromatic heterocycles. The number of aromatic hydroxyl groups is 1. The zero-order valence-electron chi connectivity index (χ0n) is 20.5. The van der Waals surface area contributed by atoms with Crippen LogP contribution in [0.4, 0.5) is 15.8 Å². The van der Waals surface area contributed by atoms with Crippen LogP contribution in [0.5, 0.6) is 5.75 Å². The summed E-state index contributed by atoms with van der Waals surface area (Å²) in [6, 6.07) is 7.58. The fraction of sp³-hybridized carbons (Fsp3) is 0.385. The lowest BCUT2D eigenvalue weighted by molar-refractivity contribution is -0.120. The number of aromatic nitrogens is 2. The van der Waals surface area contributed by atoms with Crippen molar-refractivity contribution in [1.82, 2.24) is 14.3 Å². The van der Waals surface area contributed by atoms with E-state index in [1.54, 1.807) is 29.3 Å². The predicted molar refractivity (Wildman–Crippen MR) is 135 cm³/mol. The van der Waals surface area contributed by atoms with Crippen LogP contribution in [0.25, 0.3) is 5.65 Å². The van der Waals surface area contributed by atoms with Crippen molar-refractivity contribution >= 4 is 28.7 Å². The maximum atomic E-state index is 13.3. The molecule has 2 fully saturated rings. The van der Waals surface area contributed by atoms with Gasteiger partial charge in [-0.3, -0.25) is 23.7 Å². The van der Waals surface area contributed by atoms with E-state index in [2.05, 4.69) is 4.98 Å². The van der Waals surface area contributed by atoms with Crippen LogP contribution in [0.15, 0.2) is 41.3 Å². The number of hydrogen-bond donors (Lipinski definition) is 1. The van der Waals surface area contributed by atoms with E-state index in [1.807, 2.05) is 16.8 Å². The van der Waals surface area contributed by atoms with Gasteiger partial charge in [0.1, 0.15) is 5.82 Å². The molecule has 0 spiro atoms. The molecule has 1 amide bonds. The van der Waals surface area contributed by atoms with Gasteiger partial charge >= 0.3 is 5.56 Å². The number of amides is 1. The highest BCUT2D eigenvalue weighted by molar-refractivity contribution is 6.01. The number of nitrogens with zero attached hydrogens (tertiary/aromatic N) is 5. The van der Waals surface area contributed by atoms with Gasteiger partial charge in [0.2, 0.25) is 11.7 Å². The number of fused-ring (bicyclic) bond motifs is 1. The molecule has 1 aromatic carbocycles. The minimum Gasteiger partial charge on any atom is -0.501 e. The monoisotopic (exact) mass is 509 g/mol. The van der Waals surface area contributed by atoms with Crippen molar-refractivity contribution in [3.8, 4) is 5.75 Å². The van der Waals surface area contributed by atoms with E-state index in [9.17, 15) is 23.9 Å². The van der Waals surface area contributed by atoms with E-state index >= 15 is 0 Å². The number of Topliss-reactive ketones (excluding diaryl/α,β-unsaturated/α-hetero) is 1. The number of carbonyl (C=O) groups is 2. The number of halogens is 1. The number of benzene rings is 1. The molecule has 2 saturated heterocycles. The smallest absolute Gasteiger partial charge is 0.300 e. The molecule has 2 aliphatic heterocycles. The van der Waals surface area contributed by atoms with Crippen molar-refractivity contribution in [2.24, 2.45) is 0 Å². The predicted octanol–water partition coefficient (Wildman–Crippen LogP) is 1.47. The van der Waals surface area contributed by atoms with Gasteiger partial charge in [0, 0.05) is 38.8 Å². The Kier molecular flexibility index (Phi) is 6.90. The first kappa shape index (κ1) is 24.8. The lowest BCUT2D eigenvalue weighted by atomic mass is 10.1. The lowest BCUT2D eigenvalue weighted by Crippen LogP contribution is -2.49. The van der Waals surface area contributed by atoms with Crippen LogP contribution >= 0.6 is 0 Å². The van der Waals surface area contributed by atoms with Gasteiger partial charge in [0.05, 0.1) is 31.1 Å². The van der Waals surface area contributed by atoms with Gasteiger partial charge in [-0.05, 0) is 37.2 Å². The number of pyridine rings is 1. The number of rotatable bonds is 6. The van der Waals surface area contributed by atoms with E-state index in [0.29, 0.717) is 57.2 Å². The molecule has 11 heteroatoms. The van der Waals surface area contributed by atoms with Crippen LogP contribution < -0.4 is 15.4 Å². The van der Waals surface area contributed by atoms with Crippen LogP contribution in [0.1, 0.15) is 22.5 Å². The molecule has 1 N–H and O–H groups in total. The fourth-order valence-electron chi connectivity index (χ4n) is 4.66. The molecule has 0 atom stereocenters. The number of morpholine rings is 1. The van der Waals surface area contributed by atoms with Crippen LogP contribution in [0.3, 0.4) is 0 Å². The number of likely N-dealkylation sites (N-methyl/N-ethyl adjacent to an activating group) is 1. The highest BCUT2D eigenvalue weighted by Crippen LogP contribution is 2.29. The largest absolute Gasteiger partial charge is 0.501 e. The SMILES string of the molecule is CN1CCN(c2cc(N3CCOCC3)cn3c(=O)c(O)c(C(=O)CCc4ccc(F)cc4)nc23)C(=O)C1. The summed E-state index contributed by atoms with van der Waals surface area (Å²) in [6.07, 6.45) is 1.84. The van der Waals surface area contributed by atoms with E-state index in [4.69, 9.17) is 4.74 Å². The summed E-state index contributed by atoms with van der Waals surface area (Å²) in [7, 11) is 1.86. The summed E-state index contributed by atoms with van der Waals surface area (Å²) < 4.78 is 19.8. The van der Waals surface area contributed by atoms with Gasteiger partial charge in [-0.1, -0.05) is 12.1 Å². The molecule has 4 heterocycles. The van der Waals surface area contributed by atoms with Gasteiger partial charge in [0.25, 0.3) is 0 Å². The molecular weight excluding hydrogens is 481 g/mol. The molecule has 37 heavy (non-hydrogen) atoms. The first-order chi connectivity index (χ1) is 17.8. The Morgan fingerprint density at radius 1 is 1.11 bits per heavy atom. The number of ether oxygens (including phenoxy) is 1. The number of hydrogen-bond acceptors (Lipinski definition) is 8. The molecular formula is C26H28FN5O5. The number of aryl methyl sites for hydroxylation is 1. The molecule has 2 aliphatic rings. The minimum absolute atomic E-state index is 0.0313. The summed E-state index contributed by atoms with van der Waals surface area (Å²) >= 11 is 0. The molecule has 0 saturated carbocycles. The Balaban J connectivity index is 1.57. The van der Waals surface area contributed by atoms with E-state index < -0.39 is 17.1 Å². The second-order valence-electron chi connectivity index (χ2n) is 9.32. The second kappa shape index (κ2) is 10.3. The summed E-state index contributed by atoms with van der Waals surface area (Å²) in [5, 5.41) is 10.7. The average molecular weight is 510 g/mol. The van der Waals surface area contributed by atoms with Crippen molar-refractivity contribution in [3.05, 3.63) is 64.0 Å². The summed E-state index contributed by atoms with van der Waals surface area (Å²) in [5.74, 6) is -1.79. The Morgan fingerprint density at radius 2 is 1.84 bits per heavy atom. The quantitative estimate of drug-likeness (QED) is 0.498. The highest BCUT2D eigenvalue weighted by Gasteiger charge is 2.28. The third kappa shape index (κ3) is 5.05. The Labute approximate surface area is 212 Å². The minimum atomic E-state index is -0.784.